The quantitative estimate of drug-likeness (QED) is 0.669. The Morgan fingerprint density at radius 3 is 2.40 bits per heavy atom. The molecule has 0 saturated heterocycles. The third-order valence-electron chi connectivity index (χ3n) is 3.70. The number of nitrogens with one attached hydrogen (secondary N) is 1. The van der Waals surface area contributed by atoms with Crippen LogP contribution in [0.5, 0.6) is 0 Å². The smallest absolute Gasteiger partial charge is 0.208 e. The van der Waals surface area contributed by atoms with Crippen molar-refractivity contribution in [2.75, 3.05) is 6.61 Å². The summed E-state index contributed by atoms with van der Waals surface area (Å²) in [6.07, 6.45) is 1.57. The number of hydrogen-bond donors (Lipinski definition) is 2. The Hall–Kier alpha value is -2.64. The fourth-order valence-electron chi connectivity index (χ4n) is 2.40. The predicted octanol–water partition coefficient (Wildman–Crippen LogP) is 3.58. The third kappa shape index (κ3) is 3.89. The molecule has 1 aromatic heterocycles. The van der Waals surface area contributed by atoms with Crippen LogP contribution in [-0.2, 0) is 6.54 Å². The summed E-state index contributed by atoms with van der Waals surface area (Å²) in [5, 5.41) is 12.3. The van der Waals surface area contributed by atoms with Gasteiger partial charge in [0, 0.05) is 5.56 Å². The van der Waals surface area contributed by atoms with E-state index in [4.69, 9.17) is 4.42 Å². The van der Waals surface area contributed by atoms with Crippen molar-refractivity contribution in [2.24, 2.45) is 0 Å². The molecule has 1 atom stereocenters. The maximum atomic E-state index is 13.3. The Morgan fingerprint density at radius 2 is 1.76 bits per heavy atom. The SMILES string of the molecule is OC[C@@H](NCc1ncc(-c2ccccc2)o1)c1cc(F)c(F)c(F)c1. The van der Waals surface area contributed by atoms with Gasteiger partial charge in [-0.1, -0.05) is 30.3 Å². The molecule has 0 amide bonds. The minimum Gasteiger partial charge on any atom is -0.439 e. The van der Waals surface area contributed by atoms with Crippen LogP contribution in [0, 0.1) is 17.5 Å². The van der Waals surface area contributed by atoms with E-state index in [9.17, 15) is 18.3 Å². The zero-order valence-electron chi connectivity index (χ0n) is 13.0. The van der Waals surface area contributed by atoms with Crippen molar-refractivity contribution < 1.29 is 22.7 Å². The lowest BCUT2D eigenvalue weighted by Gasteiger charge is -2.16. The van der Waals surface area contributed by atoms with Crippen molar-refractivity contribution >= 4 is 0 Å². The average Bonchev–Trinajstić information content (AvgIpc) is 3.10. The number of aromatic nitrogens is 1. The summed E-state index contributed by atoms with van der Waals surface area (Å²) >= 11 is 0. The molecule has 7 heteroatoms. The van der Waals surface area contributed by atoms with Crippen molar-refractivity contribution in [3.63, 3.8) is 0 Å². The lowest BCUT2D eigenvalue weighted by Crippen LogP contribution is -2.24. The Morgan fingerprint density at radius 1 is 1.08 bits per heavy atom. The van der Waals surface area contributed by atoms with Gasteiger partial charge in [-0.2, -0.15) is 0 Å². The minimum atomic E-state index is -1.54. The molecular weight excluding hydrogens is 333 g/mol. The molecule has 0 fully saturated rings. The van der Waals surface area contributed by atoms with E-state index in [1.165, 1.54) is 0 Å². The highest BCUT2D eigenvalue weighted by molar-refractivity contribution is 5.55. The first-order valence-electron chi connectivity index (χ1n) is 7.57. The number of aliphatic hydroxyl groups is 1. The summed E-state index contributed by atoms with van der Waals surface area (Å²) in [6, 6.07) is 10.3. The fraction of sp³-hybridized carbons (Fsp3) is 0.167. The molecular formula is C18H15F3N2O2. The zero-order valence-corrected chi connectivity index (χ0v) is 13.0. The van der Waals surface area contributed by atoms with Crippen molar-refractivity contribution in [2.45, 2.75) is 12.6 Å². The monoisotopic (exact) mass is 348 g/mol. The molecule has 0 radical (unpaired) electrons. The molecule has 0 aliphatic carbocycles. The fourth-order valence-corrected chi connectivity index (χ4v) is 2.40. The molecule has 3 rings (SSSR count). The Bertz CT molecular complexity index is 830. The third-order valence-corrected chi connectivity index (χ3v) is 3.70. The van der Waals surface area contributed by atoms with Gasteiger partial charge in [0.25, 0.3) is 0 Å². The summed E-state index contributed by atoms with van der Waals surface area (Å²) in [4.78, 5) is 4.12. The van der Waals surface area contributed by atoms with E-state index in [2.05, 4.69) is 10.3 Å². The standard InChI is InChI=1S/C18H15F3N2O2/c19-13-6-12(7-14(20)18(13)21)15(10-24)22-9-17-23-8-16(25-17)11-4-2-1-3-5-11/h1-8,15,22,24H,9-10H2/t15-/m1/s1. The van der Waals surface area contributed by atoms with Gasteiger partial charge < -0.3 is 9.52 Å². The van der Waals surface area contributed by atoms with Gasteiger partial charge in [0.15, 0.2) is 23.2 Å². The average molecular weight is 348 g/mol. The number of halogens is 3. The number of oxazole rings is 1. The normalized spacial score (nSPS) is 12.3. The lowest BCUT2D eigenvalue weighted by molar-refractivity contribution is 0.239. The van der Waals surface area contributed by atoms with Gasteiger partial charge in [0.05, 0.1) is 25.4 Å². The zero-order chi connectivity index (χ0) is 17.8. The molecule has 3 aromatic rings. The minimum absolute atomic E-state index is 0.0914. The number of rotatable bonds is 6. The van der Waals surface area contributed by atoms with Gasteiger partial charge in [-0.15, -0.1) is 0 Å². The van der Waals surface area contributed by atoms with E-state index in [-0.39, 0.29) is 12.1 Å². The first-order valence-corrected chi connectivity index (χ1v) is 7.57. The summed E-state index contributed by atoms with van der Waals surface area (Å²) in [7, 11) is 0. The molecule has 4 nitrogen and oxygen atoms in total. The van der Waals surface area contributed by atoms with Crippen molar-refractivity contribution in [3.05, 3.63) is 77.6 Å². The summed E-state index contributed by atoms with van der Waals surface area (Å²) in [6.45, 7) is -0.310. The first-order chi connectivity index (χ1) is 12.1. The maximum absolute atomic E-state index is 13.3. The second kappa shape index (κ2) is 7.50. The van der Waals surface area contributed by atoms with Crippen LogP contribution in [0.15, 0.2) is 53.1 Å². The predicted molar refractivity (Wildman–Crippen MR) is 84.9 cm³/mol. The first kappa shape index (κ1) is 17.2. The molecule has 130 valence electrons. The lowest BCUT2D eigenvalue weighted by atomic mass is 10.1. The Balaban J connectivity index is 1.71. The summed E-state index contributed by atoms with van der Waals surface area (Å²) in [5.41, 5.74) is 0.955. The van der Waals surface area contributed by atoms with Crippen molar-refractivity contribution in [1.82, 2.24) is 10.3 Å². The van der Waals surface area contributed by atoms with E-state index in [0.29, 0.717) is 11.7 Å². The van der Waals surface area contributed by atoms with E-state index >= 15 is 0 Å². The second-order valence-corrected chi connectivity index (χ2v) is 5.40. The van der Waals surface area contributed by atoms with Gasteiger partial charge in [0.1, 0.15) is 0 Å². The van der Waals surface area contributed by atoms with Gasteiger partial charge in [-0.3, -0.25) is 5.32 Å². The van der Waals surface area contributed by atoms with Gasteiger partial charge >= 0.3 is 0 Å². The molecule has 1 heterocycles. The maximum Gasteiger partial charge on any atom is 0.208 e. The molecule has 0 spiro atoms. The van der Waals surface area contributed by atoms with Crippen LogP contribution >= 0.6 is 0 Å². The molecule has 25 heavy (non-hydrogen) atoms. The van der Waals surface area contributed by atoms with Crippen LogP contribution in [0.4, 0.5) is 13.2 Å². The number of benzene rings is 2. The molecule has 0 aliphatic rings. The largest absolute Gasteiger partial charge is 0.439 e. The Labute approximate surface area is 141 Å². The molecule has 0 aliphatic heterocycles. The van der Waals surface area contributed by atoms with Crippen LogP contribution in [0.3, 0.4) is 0 Å². The molecule has 0 bridgehead atoms. The topological polar surface area (TPSA) is 58.3 Å². The van der Waals surface area contributed by atoms with Crippen LogP contribution < -0.4 is 5.32 Å². The van der Waals surface area contributed by atoms with E-state index < -0.39 is 30.1 Å². The van der Waals surface area contributed by atoms with Crippen LogP contribution in [0.25, 0.3) is 11.3 Å². The van der Waals surface area contributed by atoms with E-state index in [0.717, 1.165) is 17.7 Å². The van der Waals surface area contributed by atoms with E-state index in [1.54, 1.807) is 6.20 Å². The molecule has 0 unspecified atom stereocenters. The second-order valence-electron chi connectivity index (χ2n) is 5.40. The number of hydrogen-bond acceptors (Lipinski definition) is 4. The molecule has 0 saturated carbocycles. The van der Waals surface area contributed by atoms with Crippen LogP contribution in [0.1, 0.15) is 17.5 Å². The Kier molecular flexibility index (Phi) is 5.16. The van der Waals surface area contributed by atoms with Gasteiger partial charge in [-0.25, -0.2) is 18.2 Å². The van der Waals surface area contributed by atoms with E-state index in [1.807, 2.05) is 30.3 Å². The highest BCUT2D eigenvalue weighted by Crippen LogP contribution is 2.22. The van der Waals surface area contributed by atoms with Crippen LogP contribution in [0.2, 0.25) is 0 Å². The number of nitrogens with zero attached hydrogens (tertiary/aromatic N) is 1. The summed E-state index contributed by atoms with van der Waals surface area (Å²) < 4.78 is 45.3. The van der Waals surface area contributed by atoms with Crippen LogP contribution in [-0.4, -0.2) is 16.7 Å². The van der Waals surface area contributed by atoms with Crippen molar-refractivity contribution in [1.29, 1.82) is 0 Å². The van der Waals surface area contributed by atoms with Crippen molar-refractivity contribution in [3.8, 4) is 11.3 Å². The summed E-state index contributed by atoms with van der Waals surface area (Å²) in [5.74, 6) is -3.23. The highest BCUT2D eigenvalue weighted by Gasteiger charge is 2.17. The molecule has 2 N–H and O–H groups in total. The highest BCUT2D eigenvalue weighted by atomic mass is 19.2. The van der Waals surface area contributed by atoms with Gasteiger partial charge in [-0.05, 0) is 17.7 Å². The van der Waals surface area contributed by atoms with Gasteiger partial charge in [0.2, 0.25) is 5.89 Å². The number of aliphatic hydroxyl groups excluding tert-OH is 1. The molecule has 2 aromatic carbocycles.